The maximum absolute atomic E-state index is 12.7. The van der Waals surface area contributed by atoms with Crippen LogP contribution in [0.4, 0.5) is 0 Å². The molecule has 1 saturated heterocycles. The van der Waals surface area contributed by atoms with E-state index in [0.717, 1.165) is 36.0 Å². The minimum Gasteiger partial charge on any atom is -0.332 e. The third-order valence-electron chi connectivity index (χ3n) is 4.04. The van der Waals surface area contributed by atoms with Gasteiger partial charge in [0.2, 0.25) is 5.91 Å². The molecule has 1 atom stereocenters. The predicted molar refractivity (Wildman–Crippen MR) is 99.2 cm³/mol. The number of rotatable bonds is 5. The van der Waals surface area contributed by atoms with Gasteiger partial charge >= 0.3 is 0 Å². The molecule has 0 spiro atoms. The molecular weight excluding hydrogens is 342 g/mol. The number of carbonyl (C=O) groups excluding carboxylic acids is 1. The van der Waals surface area contributed by atoms with Gasteiger partial charge in [-0.15, -0.1) is 11.8 Å². The van der Waals surface area contributed by atoms with Gasteiger partial charge in [-0.3, -0.25) is 9.78 Å². The van der Waals surface area contributed by atoms with Crippen molar-refractivity contribution in [2.24, 2.45) is 0 Å². The number of thioether (sulfide) groups is 1. The number of piperazine rings is 1. The molecule has 4 nitrogen and oxygen atoms in total. The van der Waals surface area contributed by atoms with E-state index in [1.54, 1.807) is 18.0 Å². The lowest BCUT2D eigenvalue weighted by atomic mass is 10.1. The quantitative estimate of drug-likeness (QED) is 0.888. The summed E-state index contributed by atoms with van der Waals surface area (Å²) < 4.78 is 0. The van der Waals surface area contributed by atoms with Crippen LogP contribution in [0.5, 0.6) is 0 Å². The molecule has 1 N–H and O–H groups in total. The summed E-state index contributed by atoms with van der Waals surface area (Å²) in [6.07, 6.45) is 3.60. The molecule has 2 aromatic rings. The van der Waals surface area contributed by atoms with Gasteiger partial charge in [-0.1, -0.05) is 29.8 Å². The van der Waals surface area contributed by atoms with E-state index in [-0.39, 0.29) is 11.9 Å². The standard InChI is InChI=1S/C18H20ClN3OS/c19-16-5-3-14(4-6-16)12-24-13-18(23)22-9-8-21-11-17(22)15-2-1-7-20-10-15/h1-7,10,17,21H,8-9,11-13H2. The third-order valence-corrected chi connectivity index (χ3v) is 5.28. The average molecular weight is 362 g/mol. The number of carbonyl (C=O) groups is 1. The zero-order valence-electron chi connectivity index (χ0n) is 13.3. The van der Waals surface area contributed by atoms with Gasteiger partial charge in [0.05, 0.1) is 11.8 Å². The van der Waals surface area contributed by atoms with Crippen LogP contribution in [0.3, 0.4) is 0 Å². The van der Waals surface area contributed by atoms with Crippen molar-refractivity contribution < 1.29 is 4.79 Å². The van der Waals surface area contributed by atoms with Crippen molar-refractivity contribution >= 4 is 29.3 Å². The fourth-order valence-corrected chi connectivity index (χ4v) is 3.79. The highest BCUT2D eigenvalue weighted by Crippen LogP contribution is 2.23. The van der Waals surface area contributed by atoms with Crippen LogP contribution in [0.1, 0.15) is 17.2 Å². The molecule has 1 unspecified atom stereocenters. The van der Waals surface area contributed by atoms with Crippen molar-refractivity contribution in [2.45, 2.75) is 11.8 Å². The number of hydrogen-bond donors (Lipinski definition) is 1. The molecule has 1 aromatic carbocycles. The number of benzene rings is 1. The fraction of sp³-hybridized carbons (Fsp3) is 0.333. The van der Waals surface area contributed by atoms with Gasteiger partial charge in [0, 0.05) is 42.8 Å². The van der Waals surface area contributed by atoms with Crippen LogP contribution >= 0.6 is 23.4 Å². The van der Waals surface area contributed by atoms with Gasteiger partial charge in [0.15, 0.2) is 0 Å². The highest BCUT2D eigenvalue weighted by molar-refractivity contribution is 7.99. The Balaban J connectivity index is 1.57. The first-order valence-corrected chi connectivity index (χ1v) is 9.49. The molecule has 126 valence electrons. The van der Waals surface area contributed by atoms with E-state index >= 15 is 0 Å². The molecular formula is C18H20ClN3OS. The van der Waals surface area contributed by atoms with Gasteiger partial charge in [0.1, 0.15) is 0 Å². The van der Waals surface area contributed by atoms with Gasteiger partial charge in [-0.05, 0) is 29.3 Å². The Hall–Kier alpha value is -1.56. The summed E-state index contributed by atoms with van der Waals surface area (Å²) in [5, 5.41) is 4.10. The van der Waals surface area contributed by atoms with E-state index < -0.39 is 0 Å². The van der Waals surface area contributed by atoms with Gasteiger partial charge < -0.3 is 10.2 Å². The first-order valence-electron chi connectivity index (χ1n) is 7.96. The largest absolute Gasteiger partial charge is 0.332 e. The molecule has 0 saturated carbocycles. The first-order chi connectivity index (χ1) is 11.7. The zero-order valence-corrected chi connectivity index (χ0v) is 14.9. The van der Waals surface area contributed by atoms with E-state index in [1.165, 1.54) is 5.56 Å². The maximum atomic E-state index is 12.7. The van der Waals surface area contributed by atoms with E-state index in [0.29, 0.717) is 5.75 Å². The van der Waals surface area contributed by atoms with Gasteiger partial charge in [0.25, 0.3) is 0 Å². The van der Waals surface area contributed by atoms with Crippen molar-refractivity contribution in [1.82, 2.24) is 15.2 Å². The van der Waals surface area contributed by atoms with Crippen molar-refractivity contribution in [3.05, 3.63) is 64.9 Å². The summed E-state index contributed by atoms with van der Waals surface area (Å²) in [5.41, 5.74) is 2.27. The van der Waals surface area contributed by atoms with Crippen molar-refractivity contribution in [2.75, 3.05) is 25.4 Å². The molecule has 1 aliphatic heterocycles. The fourth-order valence-electron chi connectivity index (χ4n) is 2.79. The molecule has 24 heavy (non-hydrogen) atoms. The molecule has 0 bridgehead atoms. The van der Waals surface area contributed by atoms with Crippen molar-refractivity contribution in [3.63, 3.8) is 0 Å². The second-order valence-electron chi connectivity index (χ2n) is 5.71. The minimum atomic E-state index is 0.0658. The molecule has 1 fully saturated rings. The number of halogens is 1. The van der Waals surface area contributed by atoms with Gasteiger partial charge in [-0.2, -0.15) is 0 Å². The highest BCUT2D eigenvalue weighted by Gasteiger charge is 2.27. The topological polar surface area (TPSA) is 45.2 Å². The molecule has 3 rings (SSSR count). The average Bonchev–Trinajstić information content (AvgIpc) is 2.64. The van der Waals surface area contributed by atoms with Crippen LogP contribution in [-0.4, -0.2) is 41.2 Å². The van der Waals surface area contributed by atoms with Crippen molar-refractivity contribution in [3.8, 4) is 0 Å². The van der Waals surface area contributed by atoms with E-state index in [2.05, 4.69) is 10.3 Å². The molecule has 2 heterocycles. The van der Waals surface area contributed by atoms with Crippen LogP contribution in [-0.2, 0) is 10.5 Å². The van der Waals surface area contributed by atoms with E-state index in [1.807, 2.05) is 47.5 Å². The Labute approximate surface area is 151 Å². The smallest absolute Gasteiger partial charge is 0.233 e. The Kier molecular flexibility index (Phi) is 6.12. The summed E-state index contributed by atoms with van der Waals surface area (Å²) in [7, 11) is 0. The Bertz CT molecular complexity index is 666. The summed E-state index contributed by atoms with van der Waals surface area (Å²) in [6, 6.07) is 11.8. The normalized spacial score (nSPS) is 17.7. The second kappa shape index (κ2) is 8.51. The Morgan fingerprint density at radius 1 is 1.33 bits per heavy atom. The molecule has 0 aliphatic carbocycles. The predicted octanol–water partition coefficient (Wildman–Crippen LogP) is 3.14. The van der Waals surface area contributed by atoms with Crippen LogP contribution in [0.2, 0.25) is 5.02 Å². The maximum Gasteiger partial charge on any atom is 0.233 e. The molecule has 1 amide bonds. The van der Waals surface area contributed by atoms with Crippen LogP contribution in [0.25, 0.3) is 0 Å². The molecule has 1 aromatic heterocycles. The highest BCUT2D eigenvalue weighted by atomic mass is 35.5. The van der Waals surface area contributed by atoms with E-state index in [9.17, 15) is 4.79 Å². The summed E-state index contributed by atoms with van der Waals surface area (Å²) >= 11 is 7.53. The first kappa shape index (κ1) is 17.3. The summed E-state index contributed by atoms with van der Waals surface area (Å²) in [5.74, 6) is 1.48. The number of pyridine rings is 1. The van der Waals surface area contributed by atoms with E-state index in [4.69, 9.17) is 11.6 Å². The van der Waals surface area contributed by atoms with Gasteiger partial charge in [-0.25, -0.2) is 0 Å². The number of hydrogen-bond acceptors (Lipinski definition) is 4. The Morgan fingerprint density at radius 2 is 2.17 bits per heavy atom. The molecule has 1 aliphatic rings. The van der Waals surface area contributed by atoms with Crippen LogP contribution < -0.4 is 5.32 Å². The monoisotopic (exact) mass is 361 g/mol. The third kappa shape index (κ3) is 4.50. The second-order valence-corrected chi connectivity index (χ2v) is 7.13. The zero-order chi connectivity index (χ0) is 16.8. The molecule has 6 heteroatoms. The number of nitrogens with zero attached hydrogens (tertiary/aromatic N) is 2. The summed E-state index contributed by atoms with van der Waals surface area (Å²) in [4.78, 5) is 18.8. The SMILES string of the molecule is O=C(CSCc1ccc(Cl)cc1)N1CCNCC1c1cccnc1. The number of amides is 1. The summed E-state index contributed by atoms with van der Waals surface area (Å²) in [6.45, 7) is 2.35. The molecule has 0 radical (unpaired) electrons. The lowest BCUT2D eigenvalue weighted by Crippen LogP contribution is -2.49. The lowest BCUT2D eigenvalue weighted by molar-refractivity contribution is -0.131. The number of nitrogens with one attached hydrogen (secondary N) is 1. The number of aromatic nitrogens is 1. The minimum absolute atomic E-state index is 0.0658. The van der Waals surface area contributed by atoms with Crippen LogP contribution in [0.15, 0.2) is 48.8 Å². The van der Waals surface area contributed by atoms with Crippen LogP contribution in [0, 0.1) is 0 Å². The Morgan fingerprint density at radius 3 is 2.92 bits per heavy atom. The van der Waals surface area contributed by atoms with Crippen molar-refractivity contribution in [1.29, 1.82) is 0 Å². The lowest BCUT2D eigenvalue weighted by Gasteiger charge is -2.36.